The zero-order valence-corrected chi connectivity index (χ0v) is 12.1. The number of fused-ring (bicyclic) bond motifs is 1. The molecule has 1 aliphatic heterocycles. The van der Waals surface area contributed by atoms with Gasteiger partial charge >= 0.3 is 0 Å². The van der Waals surface area contributed by atoms with Gasteiger partial charge in [-0.15, -0.1) is 0 Å². The van der Waals surface area contributed by atoms with Gasteiger partial charge in [-0.3, -0.25) is 4.79 Å². The van der Waals surface area contributed by atoms with E-state index in [1.165, 1.54) is 16.8 Å². The third kappa shape index (κ3) is 2.48. The second-order valence-electron chi connectivity index (χ2n) is 5.63. The molecule has 0 unspecified atom stereocenters. The fraction of sp³-hybridized carbons (Fsp3) is 0.353. The van der Waals surface area contributed by atoms with Crippen LogP contribution in [-0.4, -0.2) is 21.9 Å². The minimum atomic E-state index is 0.227. The Hall–Kier alpha value is -2.03. The molecule has 0 radical (unpaired) electrons. The van der Waals surface area contributed by atoms with Gasteiger partial charge in [0, 0.05) is 38.4 Å². The molecule has 2 heterocycles. The Morgan fingerprint density at radius 1 is 1.30 bits per heavy atom. The zero-order valence-electron chi connectivity index (χ0n) is 12.1. The lowest BCUT2D eigenvalue weighted by atomic mass is 10.1. The van der Waals surface area contributed by atoms with Crippen molar-refractivity contribution in [2.45, 2.75) is 26.3 Å². The maximum atomic E-state index is 12.4. The number of amides is 1. The maximum absolute atomic E-state index is 12.4. The summed E-state index contributed by atoms with van der Waals surface area (Å²) in [4.78, 5) is 14.4. The first-order valence-electron chi connectivity index (χ1n) is 7.10. The maximum Gasteiger partial charge on any atom is 0.227 e. The third-order valence-electron chi connectivity index (χ3n) is 4.07. The van der Waals surface area contributed by atoms with Gasteiger partial charge < -0.3 is 9.47 Å². The predicted molar refractivity (Wildman–Crippen MR) is 79.4 cm³/mol. The Morgan fingerprint density at radius 2 is 2.15 bits per heavy atom. The molecule has 0 fully saturated rings. The molecule has 1 aromatic carbocycles. The second-order valence-corrected chi connectivity index (χ2v) is 5.63. The molecule has 1 aromatic heterocycles. The number of nitrogens with zero attached hydrogens (tertiary/aromatic N) is 2. The molecule has 0 atom stereocenters. The van der Waals surface area contributed by atoms with Gasteiger partial charge in [-0.2, -0.15) is 0 Å². The molecule has 3 heteroatoms. The zero-order chi connectivity index (χ0) is 14.1. The molecule has 0 N–H and O–H groups in total. The van der Waals surface area contributed by atoms with Gasteiger partial charge in [0.25, 0.3) is 0 Å². The van der Waals surface area contributed by atoms with Crippen LogP contribution in [0.1, 0.15) is 22.4 Å². The Morgan fingerprint density at radius 3 is 2.95 bits per heavy atom. The molecule has 1 aliphatic rings. The van der Waals surface area contributed by atoms with Crippen LogP contribution in [0.15, 0.2) is 36.5 Å². The second kappa shape index (κ2) is 5.16. The van der Waals surface area contributed by atoms with Gasteiger partial charge in [0.2, 0.25) is 5.91 Å². The van der Waals surface area contributed by atoms with Gasteiger partial charge in [-0.1, -0.05) is 29.8 Å². The minimum absolute atomic E-state index is 0.227. The standard InChI is InChI=1S/C17H20N2O/c1-13-4-3-5-14(10-13)11-17(20)19-9-7-16-15(12-19)6-8-18(16)2/h3-6,8,10H,7,9,11-12H2,1-2H3. The molecule has 0 spiro atoms. The molecule has 1 amide bonds. The van der Waals surface area contributed by atoms with Crippen LogP contribution in [0.2, 0.25) is 0 Å². The molecule has 104 valence electrons. The molecule has 2 aromatic rings. The Balaban J connectivity index is 1.70. The van der Waals surface area contributed by atoms with Crippen LogP contribution in [0, 0.1) is 6.92 Å². The molecule has 0 bridgehead atoms. The van der Waals surface area contributed by atoms with Crippen LogP contribution in [0.3, 0.4) is 0 Å². The largest absolute Gasteiger partial charge is 0.354 e. The molecular weight excluding hydrogens is 248 g/mol. The monoisotopic (exact) mass is 268 g/mol. The topological polar surface area (TPSA) is 25.2 Å². The van der Waals surface area contributed by atoms with Crippen LogP contribution in [-0.2, 0) is 31.2 Å². The van der Waals surface area contributed by atoms with E-state index in [9.17, 15) is 4.79 Å². The number of aryl methyl sites for hydroxylation is 2. The van der Waals surface area contributed by atoms with E-state index < -0.39 is 0 Å². The summed E-state index contributed by atoms with van der Waals surface area (Å²) in [6.07, 6.45) is 3.54. The van der Waals surface area contributed by atoms with Crippen molar-refractivity contribution in [2.24, 2.45) is 7.05 Å². The summed E-state index contributed by atoms with van der Waals surface area (Å²) in [5.41, 5.74) is 4.97. The Labute approximate surface area is 119 Å². The number of carbonyl (C=O) groups excluding carboxylic acids is 1. The van der Waals surface area contributed by atoms with Crippen LogP contribution in [0.4, 0.5) is 0 Å². The highest BCUT2D eigenvalue weighted by Gasteiger charge is 2.22. The van der Waals surface area contributed by atoms with Crippen molar-refractivity contribution >= 4 is 5.91 Å². The highest BCUT2D eigenvalue weighted by Crippen LogP contribution is 2.20. The van der Waals surface area contributed by atoms with E-state index >= 15 is 0 Å². The van der Waals surface area contributed by atoms with Gasteiger partial charge in [-0.25, -0.2) is 0 Å². The number of hydrogen-bond acceptors (Lipinski definition) is 1. The summed E-state index contributed by atoms with van der Waals surface area (Å²) >= 11 is 0. The van der Waals surface area contributed by atoms with Crippen molar-refractivity contribution in [1.82, 2.24) is 9.47 Å². The highest BCUT2D eigenvalue weighted by atomic mass is 16.2. The first-order chi connectivity index (χ1) is 9.63. The first kappa shape index (κ1) is 13.0. The van der Waals surface area contributed by atoms with E-state index in [4.69, 9.17) is 0 Å². The van der Waals surface area contributed by atoms with E-state index in [0.717, 1.165) is 25.1 Å². The normalized spacial score (nSPS) is 14.2. The van der Waals surface area contributed by atoms with Crippen LogP contribution in [0.25, 0.3) is 0 Å². The summed E-state index contributed by atoms with van der Waals surface area (Å²) in [6.45, 7) is 3.64. The fourth-order valence-electron chi connectivity index (χ4n) is 2.94. The number of aromatic nitrogens is 1. The van der Waals surface area contributed by atoms with Gasteiger partial charge in [0.05, 0.1) is 6.42 Å². The summed E-state index contributed by atoms with van der Waals surface area (Å²) < 4.78 is 2.16. The van der Waals surface area contributed by atoms with Crippen LogP contribution >= 0.6 is 0 Å². The van der Waals surface area contributed by atoms with E-state index in [-0.39, 0.29) is 5.91 Å². The first-order valence-corrected chi connectivity index (χ1v) is 7.10. The van der Waals surface area contributed by atoms with E-state index in [2.05, 4.69) is 42.9 Å². The minimum Gasteiger partial charge on any atom is -0.354 e. The number of hydrogen-bond donors (Lipinski definition) is 0. The Bertz CT molecular complexity index is 642. The molecular formula is C17H20N2O. The number of carbonyl (C=O) groups is 1. The number of benzene rings is 1. The summed E-state index contributed by atoms with van der Waals surface area (Å²) in [6, 6.07) is 10.3. The van der Waals surface area contributed by atoms with Crippen molar-refractivity contribution in [1.29, 1.82) is 0 Å². The quantitative estimate of drug-likeness (QED) is 0.821. The number of rotatable bonds is 2. The predicted octanol–water partition coefficient (Wildman–Crippen LogP) is 2.46. The van der Waals surface area contributed by atoms with Crippen molar-refractivity contribution in [2.75, 3.05) is 6.54 Å². The van der Waals surface area contributed by atoms with Gasteiger partial charge in [0.1, 0.15) is 0 Å². The summed E-state index contributed by atoms with van der Waals surface area (Å²) in [7, 11) is 2.07. The summed E-state index contributed by atoms with van der Waals surface area (Å²) in [5.74, 6) is 0.227. The molecule has 3 rings (SSSR count). The van der Waals surface area contributed by atoms with E-state index in [1.54, 1.807) is 0 Å². The molecule has 3 nitrogen and oxygen atoms in total. The molecule has 0 aliphatic carbocycles. The van der Waals surface area contributed by atoms with Crippen molar-refractivity contribution in [3.05, 3.63) is 58.9 Å². The van der Waals surface area contributed by atoms with Crippen molar-refractivity contribution < 1.29 is 4.79 Å². The third-order valence-corrected chi connectivity index (χ3v) is 4.07. The molecule has 20 heavy (non-hydrogen) atoms. The fourth-order valence-corrected chi connectivity index (χ4v) is 2.94. The van der Waals surface area contributed by atoms with E-state index in [0.29, 0.717) is 6.42 Å². The van der Waals surface area contributed by atoms with Crippen molar-refractivity contribution in [3.63, 3.8) is 0 Å². The lowest BCUT2D eigenvalue weighted by molar-refractivity contribution is -0.131. The van der Waals surface area contributed by atoms with E-state index in [1.807, 2.05) is 17.0 Å². The average Bonchev–Trinajstić information content (AvgIpc) is 2.80. The van der Waals surface area contributed by atoms with Crippen LogP contribution < -0.4 is 0 Å². The smallest absolute Gasteiger partial charge is 0.227 e. The summed E-state index contributed by atoms with van der Waals surface area (Å²) in [5, 5.41) is 0. The lowest BCUT2D eigenvalue weighted by Gasteiger charge is -2.28. The lowest BCUT2D eigenvalue weighted by Crippen LogP contribution is -2.37. The molecule has 0 saturated heterocycles. The van der Waals surface area contributed by atoms with Crippen LogP contribution in [0.5, 0.6) is 0 Å². The van der Waals surface area contributed by atoms with Crippen molar-refractivity contribution in [3.8, 4) is 0 Å². The Kier molecular flexibility index (Phi) is 3.35. The SMILES string of the molecule is Cc1cccc(CC(=O)N2CCc3c(ccn3C)C2)c1. The highest BCUT2D eigenvalue weighted by molar-refractivity contribution is 5.79. The van der Waals surface area contributed by atoms with Gasteiger partial charge in [-0.05, 0) is 24.1 Å². The van der Waals surface area contributed by atoms with Gasteiger partial charge in [0.15, 0.2) is 0 Å². The average molecular weight is 268 g/mol. The molecule has 0 saturated carbocycles.